The molecule has 0 bridgehead atoms. The van der Waals surface area contributed by atoms with Crippen molar-refractivity contribution in [3.63, 3.8) is 0 Å². The van der Waals surface area contributed by atoms with Crippen LogP contribution in [0.15, 0.2) is 53.8 Å². The van der Waals surface area contributed by atoms with Crippen molar-refractivity contribution >= 4 is 27.2 Å². The van der Waals surface area contributed by atoms with Gasteiger partial charge in [-0.15, -0.1) is 0 Å². The van der Waals surface area contributed by atoms with Crippen molar-refractivity contribution in [2.75, 3.05) is 6.26 Å². The number of hydrogen-bond acceptors (Lipinski definition) is 6. The Kier molecular flexibility index (Phi) is 4.01. The summed E-state index contributed by atoms with van der Waals surface area (Å²) in [7, 11) is -3.64. The number of aromatic nitrogens is 2. The number of ether oxygens (including phenoxy) is 1. The Hall–Kier alpha value is -3.20. The molecule has 0 aliphatic rings. The topological polar surface area (TPSA) is 121 Å². The van der Waals surface area contributed by atoms with Gasteiger partial charge in [0.05, 0.1) is 5.52 Å². The second-order valence-corrected chi connectivity index (χ2v) is 7.16. The lowest BCUT2D eigenvalue weighted by molar-refractivity contribution is 0.0731. The van der Waals surface area contributed by atoms with Crippen molar-refractivity contribution in [3.8, 4) is 5.75 Å². The molecule has 2 N–H and O–H groups in total. The molecule has 3 aromatic rings. The summed E-state index contributed by atoms with van der Waals surface area (Å²) in [5.41, 5.74) is 5.60. The Morgan fingerprint density at radius 3 is 2.40 bits per heavy atom. The van der Waals surface area contributed by atoms with Crippen LogP contribution < -0.4 is 10.5 Å². The second-order valence-electron chi connectivity index (χ2n) is 5.25. The summed E-state index contributed by atoms with van der Waals surface area (Å²) < 4.78 is 30.2. The van der Waals surface area contributed by atoms with Crippen molar-refractivity contribution in [2.24, 2.45) is 5.73 Å². The van der Waals surface area contributed by atoms with Gasteiger partial charge in [0.1, 0.15) is 5.75 Å². The number of primary amides is 1. The van der Waals surface area contributed by atoms with Gasteiger partial charge in [-0.05, 0) is 36.4 Å². The summed E-state index contributed by atoms with van der Waals surface area (Å²) in [4.78, 5) is 27.4. The van der Waals surface area contributed by atoms with Gasteiger partial charge in [0.25, 0.3) is 0 Å². The first-order valence-electron chi connectivity index (χ1n) is 7.06. The highest BCUT2D eigenvalue weighted by atomic mass is 32.2. The highest BCUT2D eigenvalue weighted by Gasteiger charge is 2.24. The first kappa shape index (κ1) is 16.7. The van der Waals surface area contributed by atoms with Gasteiger partial charge < -0.3 is 10.5 Å². The third-order valence-electron chi connectivity index (χ3n) is 3.39. The highest BCUT2D eigenvalue weighted by molar-refractivity contribution is 7.90. The minimum atomic E-state index is -3.64. The van der Waals surface area contributed by atoms with Crippen LogP contribution in [0, 0.1) is 0 Å². The van der Waals surface area contributed by atoms with E-state index in [4.69, 9.17) is 10.5 Å². The van der Waals surface area contributed by atoms with Crippen molar-refractivity contribution in [3.05, 3.63) is 59.9 Å². The predicted molar refractivity (Wildman–Crippen MR) is 88.2 cm³/mol. The molecule has 3 rings (SSSR count). The molecule has 2 heterocycles. The maximum Gasteiger partial charge on any atom is 0.364 e. The molecule has 1 amide bonds. The molecule has 0 atom stereocenters. The zero-order valence-corrected chi connectivity index (χ0v) is 13.9. The second kappa shape index (κ2) is 6.02. The maximum absolute atomic E-state index is 12.4. The summed E-state index contributed by atoms with van der Waals surface area (Å²) in [5, 5.41) is -0.251. The first-order chi connectivity index (χ1) is 11.8. The number of hydrogen-bond donors (Lipinski definition) is 1. The molecule has 1 aromatic carbocycles. The molecule has 0 aliphatic carbocycles. The molecule has 0 unspecified atom stereocenters. The number of carbonyl (C=O) groups excluding carboxylic acids is 2. The van der Waals surface area contributed by atoms with Gasteiger partial charge in [0, 0.05) is 18.0 Å². The number of sulfone groups is 1. The summed E-state index contributed by atoms with van der Waals surface area (Å²) in [5.74, 6) is -1.24. The Balaban J connectivity index is 1.99. The molecule has 0 radical (unpaired) electrons. The molecule has 0 aliphatic heterocycles. The van der Waals surface area contributed by atoms with Gasteiger partial charge in [-0.1, -0.05) is 6.07 Å². The van der Waals surface area contributed by atoms with Gasteiger partial charge in [-0.25, -0.2) is 18.2 Å². The maximum atomic E-state index is 12.4. The van der Waals surface area contributed by atoms with E-state index in [0.29, 0.717) is 5.52 Å². The van der Waals surface area contributed by atoms with E-state index in [1.807, 2.05) is 0 Å². The average Bonchev–Trinajstić information content (AvgIpc) is 2.95. The molecule has 0 fully saturated rings. The molecule has 0 saturated carbocycles. The number of benzene rings is 1. The van der Waals surface area contributed by atoms with Crippen molar-refractivity contribution in [1.29, 1.82) is 0 Å². The first-order valence-corrected chi connectivity index (χ1v) is 8.95. The lowest BCUT2D eigenvalue weighted by Gasteiger charge is -2.03. The monoisotopic (exact) mass is 359 g/mol. The summed E-state index contributed by atoms with van der Waals surface area (Å²) in [6.07, 6.45) is 2.50. The van der Waals surface area contributed by atoms with Gasteiger partial charge in [0.15, 0.2) is 5.69 Å². The van der Waals surface area contributed by atoms with Crippen LogP contribution in [0.2, 0.25) is 0 Å². The van der Waals surface area contributed by atoms with Crippen molar-refractivity contribution in [2.45, 2.75) is 5.16 Å². The van der Waals surface area contributed by atoms with E-state index >= 15 is 0 Å². The minimum absolute atomic E-state index is 0.125. The number of carbonyl (C=O) groups is 2. The van der Waals surface area contributed by atoms with Crippen LogP contribution in [0.5, 0.6) is 5.75 Å². The fraction of sp³-hybridized carbons (Fsp3) is 0.0625. The summed E-state index contributed by atoms with van der Waals surface area (Å²) in [6, 6.07) is 10.5. The van der Waals surface area contributed by atoms with Gasteiger partial charge in [-0.3, -0.25) is 9.20 Å². The largest absolute Gasteiger partial charge is 0.422 e. The molecule has 8 nitrogen and oxygen atoms in total. The molecule has 0 spiro atoms. The number of nitrogens with zero attached hydrogens (tertiary/aromatic N) is 2. The highest BCUT2D eigenvalue weighted by Crippen LogP contribution is 2.20. The average molecular weight is 359 g/mol. The Morgan fingerprint density at radius 1 is 1.12 bits per heavy atom. The van der Waals surface area contributed by atoms with Gasteiger partial charge >= 0.3 is 5.97 Å². The Morgan fingerprint density at radius 2 is 1.80 bits per heavy atom. The minimum Gasteiger partial charge on any atom is -0.422 e. The number of esters is 1. The third-order valence-corrected chi connectivity index (χ3v) is 4.34. The van der Waals surface area contributed by atoms with Gasteiger partial charge in [0.2, 0.25) is 20.9 Å². The SMILES string of the molecule is CS(=O)(=O)c1nc(C(=O)Oc2ccc(C(N)=O)cc2)c2ccccn12. The third kappa shape index (κ3) is 3.22. The summed E-state index contributed by atoms with van der Waals surface area (Å²) >= 11 is 0. The van der Waals surface area contributed by atoms with E-state index in [1.165, 1.54) is 34.9 Å². The lowest BCUT2D eigenvalue weighted by Crippen LogP contribution is -2.12. The fourth-order valence-corrected chi connectivity index (χ4v) is 3.04. The predicted octanol–water partition coefficient (Wildman–Crippen LogP) is 1.06. The number of rotatable bonds is 4. The standard InChI is InChI=1S/C16H13N3O5S/c1-25(22,23)16-18-13(12-4-2-3-9-19(12)16)15(21)24-11-7-5-10(6-8-11)14(17)20/h2-9H,1H3,(H2,17,20). The van der Waals surface area contributed by atoms with E-state index in [-0.39, 0.29) is 22.2 Å². The van der Waals surface area contributed by atoms with Gasteiger partial charge in [-0.2, -0.15) is 0 Å². The van der Waals surface area contributed by atoms with E-state index in [0.717, 1.165) is 6.26 Å². The number of nitrogens with two attached hydrogens (primary N) is 1. The van der Waals surface area contributed by atoms with Crippen LogP contribution in [0.1, 0.15) is 20.8 Å². The van der Waals surface area contributed by atoms with Crippen LogP contribution in [-0.2, 0) is 9.84 Å². The molecule has 0 saturated heterocycles. The van der Waals surface area contributed by atoms with Crippen molar-refractivity contribution < 1.29 is 22.7 Å². The van der Waals surface area contributed by atoms with Crippen LogP contribution in [0.4, 0.5) is 0 Å². The number of imidazole rings is 1. The molecule has 25 heavy (non-hydrogen) atoms. The normalized spacial score (nSPS) is 11.4. The van der Waals surface area contributed by atoms with E-state index < -0.39 is 21.7 Å². The Bertz CT molecular complexity index is 1080. The van der Waals surface area contributed by atoms with Crippen LogP contribution >= 0.6 is 0 Å². The van der Waals surface area contributed by atoms with E-state index in [9.17, 15) is 18.0 Å². The molecular weight excluding hydrogens is 346 g/mol. The zero-order valence-electron chi connectivity index (χ0n) is 13.0. The quantitative estimate of drug-likeness (QED) is 0.549. The van der Waals surface area contributed by atoms with Crippen molar-refractivity contribution in [1.82, 2.24) is 9.38 Å². The zero-order chi connectivity index (χ0) is 18.2. The fourth-order valence-electron chi connectivity index (χ4n) is 2.26. The number of pyridine rings is 1. The Labute approximate surface area is 142 Å². The number of amides is 1. The van der Waals surface area contributed by atoms with Crippen LogP contribution in [-0.4, -0.2) is 35.9 Å². The van der Waals surface area contributed by atoms with E-state index in [1.54, 1.807) is 18.2 Å². The van der Waals surface area contributed by atoms with Crippen LogP contribution in [0.25, 0.3) is 5.52 Å². The smallest absolute Gasteiger partial charge is 0.364 e. The summed E-state index contributed by atoms with van der Waals surface area (Å²) in [6.45, 7) is 0. The van der Waals surface area contributed by atoms with E-state index in [2.05, 4.69) is 4.98 Å². The molecule has 128 valence electrons. The molecule has 2 aromatic heterocycles. The molecule has 9 heteroatoms. The molecular formula is C16H13N3O5S. The van der Waals surface area contributed by atoms with Crippen LogP contribution in [0.3, 0.4) is 0 Å². The lowest BCUT2D eigenvalue weighted by atomic mass is 10.2. The number of fused-ring (bicyclic) bond motifs is 1.